The molecule has 0 amide bonds. The zero-order valence-corrected chi connectivity index (χ0v) is 19.2. The second-order valence-corrected chi connectivity index (χ2v) is 9.69. The van der Waals surface area contributed by atoms with Gasteiger partial charge in [0.1, 0.15) is 9.75 Å². The molecule has 31 heavy (non-hydrogen) atoms. The minimum Gasteiger partial charge on any atom is -0.481 e. The molecule has 0 aliphatic heterocycles. The number of alkyl halides is 4. The number of hydrogen-bond acceptors (Lipinski definition) is 4. The summed E-state index contributed by atoms with van der Waals surface area (Å²) in [5.41, 5.74) is -0.380. The largest absolute Gasteiger partial charge is 0.481 e. The van der Waals surface area contributed by atoms with Gasteiger partial charge in [-0.3, -0.25) is 9.59 Å². The van der Waals surface area contributed by atoms with Gasteiger partial charge in [0.15, 0.2) is 4.33 Å². The summed E-state index contributed by atoms with van der Waals surface area (Å²) in [4.78, 5) is 39.4. The number of aliphatic carboxylic acids is 2. The van der Waals surface area contributed by atoms with Crippen molar-refractivity contribution < 1.29 is 39.6 Å². The maximum atomic E-state index is 11.3. The highest BCUT2D eigenvalue weighted by Crippen LogP contribution is 2.76. The van der Waals surface area contributed by atoms with Gasteiger partial charge in [0.05, 0.1) is 33.0 Å². The lowest BCUT2D eigenvalue weighted by molar-refractivity contribution is -0.153. The van der Waals surface area contributed by atoms with Gasteiger partial charge in [-0.1, -0.05) is 58.5 Å². The van der Waals surface area contributed by atoms with Crippen LogP contribution in [0.4, 0.5) is 0 Å². The average molecular weight is 555 g/mol. The number of rotatable bonds is 4. The van der Waals surface area contributed by atoms with Crippen LogP contribution in [0.3, 0.4) is 0 Å². The third-order valence-corrected chi connectivity index (χ3v) is 9.11. The lowest BCUT2D eigenvalue weighted by Crippen LogP contribution is -2.45. The molecule has 0 heterocycles. The molecule has 1 fully saturated rings. The first kappa shape index (κ1) is 25.8. The highest BCUT2D eigenvalue weighted by Gasteiger charge is 2.85. The molecule has 4 unspecified atom stereocenters. The van der Waals surface area contributed by atoms with Crippen molar-refractivity contribution in [1.82, 2.24) is 0 Å². The normalized spacial score (nSPS) is 30.4. The molecule has 0 spiro atoms. The van der Waals surface area contributed by atoms with Crippen molar-refractivity contribution in [2.45, 2.75) is 14.1 Å². The predicted octanol–water partition coefficient (Wildman–Crippen LogP) is 4.32. The van der Waals surface area contributed by atoms with Crippen LogP contribution < -0.4 is 0 Å². The number of carboxylic acids is 4. The zero-order chi connectivity index (χ0) is 24.1. The molecule has 0 aromatic heterocycles. The first-order valence-electron chi connectivity index (χ1n) is 7.91. The zero-order valence-electron chi connectivity index (χ0n) is 14.7. The molecule has 3 rings (SSSR count). The molecule has 0 radical (unpaired) electrons. The van der Waals surface area contributed by atoms with Gasteiger partial charge in [0, 0.05) is 0 Å². The highest BCUT2D eigenvalue weighted by atomic mass is 35.5. The molecule has 2 aliphatic rings. The van der Waals surface area contributed by atoms with E-state index in [0.29, 0.717) is 0 Å². The molecule has 2 bridgehead atoms. The fraction of sp³-hybridized carbons (Fsp3) is 0.294. The Morgan fingerprint density at radius 1 is 0.677 bits per heavy atom. The number of carboxylic acid groups (broad SMARTS) is 4. The van der Waals surface area contributed by atoms with Gasteiger partial charge in [-0.25, -0.2) is 9.59 Å². The molecular formula is C17H10Cl6O8. The third kappa shape index (κ3) is 3.53. The fourth-order valence-electron chi connectivity index (χ4n) is 3.46. The van der Waals surface area contributed by atoms with Gasteiger partial charge in [-0.15, -0.1) is 23.2 Å². The Kier molecular flexibility index (Phi) is 7.08. The predicted molar refractivity (Wildman–Crippen MR) is 113 cm³/mol. The summed E-state index contributed by atoms with van der Waals surface area (Å²) in [6.45, 7) is 0. The van der Waals surface area contributed by atoms with Crippen LogP contribution in [0, 0.1) is 11.8 Å². The third-order valence-electron chi connectivity index (χ3n) is 4.86. The maximum absolute atomic E-state index is 11.3. The van der Waals surface area contributed by atoms with Crippen LogP contribution in [-0.2, 0) is 9.59 Å². The second kappa shape index (κ2) is 8.50. The summed E-state index contributed by atoms with van der Waals surface area (Å²) in [6.07, 6.45) is 0. The first-order chi connectivity index (χ1) is 14.1. The van der Waals surface area contributed by atoms with E-state index in [1.165, 1.54) is 24.3 Å². The minimum absolute atomic E-state index is 0.190. The Morgan fingerprint density at radius 2 is 0.968 bits per heavy atom. The summed E-state index contributed by atoms with van der Waals surface area (Å²) in [5.74, 6) is -8.94. The Balaban J connectivity index is 0.000000245. The molecule has 14 heteroatoms. The average Bonchev–Trinajstić information content (AvgIpc) is 2.88. The van der Waals surface area contributed by atoms with Crippen molar-refractivity contribution in [2.75, 3.05) is 0 Å². The molecule has 1 aromatic rings. The van der Waals surface area contributed by atoms with E-state index in [9.17, 15) is 29.4 Å². The molecular weight excluding hydrogens is 545 g/mol. The Labute approximate surface area is 203 Å². The van der Waals surface area contributed by atoms with Gasteiger partial charge in [0.2, 0.25) is 0 Å². The van der Waals surface area contributed by atoms with Crippen molar-refractivity contribution in [3.63, 3.8) is 0 Å². The Bertz CT molecular complexity index is 947. The SMILES string of the molecule is O=C(O)C1C(C(=O)O)C2(Cl)C(Cl)=C(Cl)C1(Cl)C2(Cl)Cl.O=C(O)c1ccccc1C(=O)O. The van der Waals surface area contributed by atoms with Crippen molar-refractivity contribution in [3.05, 3.63) is 45.5 Å². The molecule has 4 atom stereocenters. The van der Waals surface area contributed by atoms with Gasteiger partial charge in [0.25, 0.3) is 0 Å². The fourth-order valence-corrected chi connectivity index (χ4v) is 6.39. The number of hydrogen-bond donors (Lipinski definition) is 4. The Morgan fingerprint density at radius 3 is 1.19 bits per heavy atom. The standard InChI is InChI=1S/C9H4Cl6O4.C8H6O4/c10-3-4(11)8(13)2(6(18)19)1(5(16)17)7(3,12)9(8,14)15;9-7(10)5-3-1-2-4-6(5)8(11)12/h1-2H,(H,16,17)(H,18,19);1-4H,(H,9,10)(H,11,12). The van der Waals surface area contributed by atoms with E-state index in [1.54, 1.807) is 0 Å². The van der Waals surface area contributed by atoms with E-state index in [0.717, 1.165) is 0 Å². The molecule has 8 nitrogen and oxygen atoms in total. The maximum Gasteiger partial charge on any atom is 0.336 e. The number of halogens is 6. The second-order valence-electron chi connectivity index (χ2n) is 6.41. The van der Waals surface area contributed by atoms with Gasteiger partial charge < -0.3 is 20.4 Å². The van der Waals surface area contributed by atoms with Gasteiger partial charge in [-0.05, 0) is 12.1 Å². The summed E-state index contributed by atoms with van der Waals surface area (Å²) in [7, 11) is 0. The highest BCUT2D eigenvalue weighted by molar-refractivity contribution is 6.66. The van der Waals surface area contributed by atoms with Crippen molar-refractivity contribution in [2.24, 2.45) is 11.8 Å². The lowest BCUT2D eigenvalue weighted by atomic mass is 9.82. The number of benzene rings is 1. The lowest BCUT2D eigenvalue weighted by Gasteiger charge is -2.31. The molecule has 2 aliphatic carbocycles. The monoisotopic (exact) mass is 552 g/mol. The number of allylic oxidation sites excluding steroid dienone is 2. The molecule has 1 aromatic carbocycles. The minimum atomic E-state index is -2.18. The van der Waals surface area contributed by atoms with Crippen LogP contribution in [0.25, 0.3) is 0 Å². The van der Waals surface area contributed by atoms with Gasteiger partial charge >= 0.3 is 23.9 Å². The van der Waals surface area contributed by atoms with E-state index < -0.39 is 49.8 Å². The topological polar surface area (TPSA) is 149 Å². The Hall–Kier alpha value is -1.42. The summed E-state index contributed by atoms with van der Waals surface area (Å²) in [6, 6.07) is 5.48. The molecule has 168 valence electrons. The van der Waals surface area contributed by atoms with Crippen LogP contribution in [0.5, 0.6) is 0 Å². The van der Waals surface area contributed by atoms with Crippen LogP contribution in [0.15, 0.2) is 34.3 Å². The number of aromatic carboxylic acids is 2. The van der Waals surface area contributed by atoms with E-state index in [-0.39, 0.29) is 21.2 Å². The van der Waals surface area contributed by atoms with E-state index in [1.807, 2.05) is 0 Å². The van der Waals surface area contributed by atoms with Crippen molar-refractivity contribution >= 4 is 93.5 Å². The van der Waals surface area contributed by atoms with Crippen LogP contribution in [0.2, 0.25) is 0 Å². The van der Waals surface area contributed by atoms with Crippen LogP contribution in [0.1, 0.15) is 20.7 Å². The first-order valence-corrected chi connectivity index (χ1v) is 10.2. The van der Waals surface area contributed by atoms with Crippen LogP contribution in [-0.4, -0.2) is 58.4 Å². The van der Waals surface area contributed by atoms with Crippen LogP contribution >= 0.6 is 69.6 Å². The van der Waals surface area contributed by atoms with E-state index in [2.05, 4.69) is 0 Å². The van der Waals surface area contributed by atoms with E-state index in [4.69, 9.17) is 79.8 Å². The van der Waals surface area contributed by atoms with Gasteiger partial charge in [-0.2, -0.15) is 0 Å². The quantitative estimate of drug-likeness (QED) is 0.402. The van der Waals surface area contributed by atoms with E-state index >= 15 is 0 Å². The summed E-state index contributed by atoms with van der Waals surface area (Å²) in [5, 5.41) is 34.9. The summed E-state index contributed by atoms with van der Waals surface area (Å²) >= 11 is 36.2. The molecule has 1 saturated carbocycles. The molecule has 0 saturated heterocycles. The summed E-state index contributed by atoms with van der Waals surface area (Å²) < 4.78 is -2.18. The number of fused-ring (bicyclic) bond motifs is 2. The van der Waals surface area contributed by atoms with Crippen molar-refractivity contribution in [1.29, 1.82) is 0 Å². The molecule has 4 N–H and O–H groups in total. The van der Waals surface area contributed by atoms with Crippen molar-refractivity contribution in [3.8, 4) is 0 Å². The smallest absolute Gasteiger partial charge is 0.336 e. The number of carbonyl (C=O) groups is 4.